The van der Waals surface area contributed by atoms with E-state index < -0.39 is 0 Å². The van der Waals surface area contributed by atoms with Crippen LogP contribution in [0.4, 0.5) is 5.69 Å². The standard InChI is InChI=1S/C23H23N5O2/c1-14-6-5-7-18(11-14)25-21(29)13-27-23(30)22-19(17(4)26-27)12-24-28(22)20-9-8-15(2)10-16(20)3/h5-12H,13H2,1-4H3,(H,25,29). The number of hydrogen-bond donors (Lipinski definition) is 1. The molecule has 0 atom stereocenters. The van der Waals surface area contributed by atoms with Crippen molar-refractivity contribution in [3.05, 3.63) is 81.4 Å². The Morgan fingerprint density at radius 3 is 2.53 bits per heavy atom. The van der Waals surface area contributed by atoms with E-state index >= 15 is 0 Å². The highest BCUT2D eigenvalue weighted by molar-refractivity contribution is 5.91. The summed E-state index contributed by atoms with van der Waals surface area (Å²) < 4.78 is 2.83. The molecule has 0 saturated heterocycles. The number of rotatable bonds is 4. The van der Waals surface area contributed by atoms with Crippen LogP contribution < -0.4 is 10.9 Å². The first kappa shape index (κ1) is 19.6. The van der Waals surface area contributed by atoms with E-state index in [1.165, 1.54) is 4.68 Å². The van der Waals surface area contributed by atoms with Crippen LogP contribution in [0.3, 0.4) is 0 Å². The lowest BCUT2D eigenvalue weighted by molar-refractivity contribution is -0.117. The average molecular weight is 401 g/mol. The van der Waals surface area contributed by atoms with E-state index in [1.54, 1.807) is 10.9 Å². The van der Waals surface area contributed by atoms with Crippen LogP contribution in [0, 0.1) is 27.7 Å². The van der Waals surface area contributed by atoms with Gasteiger partial charge in [0.2, 0.25) is 5.91 Å². The molecule has 0 bridgehead atoms. The summed E-state index contributed by atoms with van der Waals surface area (Å²) >= 11 is 0. The number of carbonyl (C=O) groups excluding carboxylic acids is 1. The molecular formula is C23H23N5O2. The lowest BCUT2D eigenvalue weighted by atomic mass is 10.1. The van der Waals surface area contributed by atoms with E-state index in [9.17, 15) is 9.59 Å². The second-order valence-electron chi connectivity index (χ2n) is 7.57. The molecule has 7 heteroatoms. The lowest BCUT2D eigenvalue weighted by Gasteiger charge is -2.11. The van der Waals surface area contributed by atoms with Crippen molar-refractivity contribution in [2.75, 3.05) is 5.32 Å². The Labute approximate surface area is 174 Å². The van der Waals surface area contributed by atoms with Gasteiger partial charge in [0.05, 0.1) is 17.6 Å². The van der Waals surface area contributed by atoms with Gasteiger partial charge in [0.15, 0.2) is 0 Å². The summed E-state index contributed by atoms with van der Waals surface area (Å²) in [6, 6.07) is 13.5. The summed E-state index contributed by atoms with van der Waals surface area (Å²) in [4.78, 5) is 25.8. The molecule has 0 aliphatic heterocycles. The number of fused-ring (bicyclic) bond motifs is 1. The molecule has 0 saturated carbocycles. The highest BCUT2D eigenvalue weighted by Crippen LogP contribution is 2.20. The van der Waals surface area contributed by atoms with Gasteiger partial charge in [0.1, 0.15) is 12.1 Å². The Morgan fingerprint density at radius 2 is 1.80 bits per heavy atom. The second kappa shape index (κ2) is 7.59. The fourth-order valence-electron chi connectivity index (χ4n) is 3.61. The Hall–Kier alpha value is -3.74. The fraction of sp³-hybridized carbons (Fsp3) is 0.217. The lowest BCUT2D eigenvalue weighted by Crippen LogP contribution is -2.31. The van der Waals surface area contributed by atoms with Gasteiger partial charge < -0.3 is 5.32 Å². The minimum Gasteiger partial charge on any atom is -0.324 e. The smallest absolute Gasteiger partial charge is 0.293 e. The molecule has 0 unspecified atom stereocenters. The van der Waals surface area contributed by atoms with Gasteiger partial charge in [0, 0.05) is 11.1 Å². The highest BCUT2D eigenvalue weighted by atomic mass is 16.2. The predicted octanol–water partition coefficient (Wildman–Crippen LogP) is 3.45. The fourth-order valence-corrected chi connectivity index (χ4v) is 3.61. The highest BCUT2D eigenvalue weighted by Gasteiger charge is 2.17. The largest absolute Gasteiger partial charge is 0.324 e. The van der Waals surface area contributed by atoms with E-state index in [4.69, 9.17) is 0 Å². The van der Waals surface area contributed by atoms with Crippen molar-refractivity contribution < 1.29 is 4.79 Å². The summed E-state index contributed by atoms with van der Waals surface area (Å²) in [7, 11) is 0. The maximum atomic E-state index is 13.2. The maximum absolute atomic E-state index is 13.2. The first-order valence-corrected chi connectivity index (χ1v) is 9.73. The summed E-state index contributed by atoms with van der Waals surface area (Å²) in [6.45, 7) is 7.59. The van der Waals surface area contributed by atoms with E-state index in [-0.39, 0.29) is 18.0 Å². The van der Waals surface area contributed by atoms with E-state index in [2.05, 4.69) is 15.5 Å². The molecule has 0 fully saturated rings. The molecule has 0 radical (unpaired) electrons. The third-order valence-corrected chi connectivity index (χ3v) is 5.04. The number of aryl methyl sites for hydroxylation is 4. The third-order valence-electron chi connectivity index (χ3n) is 5.04. The average Bonchev–Trinajstić information content (AvgIpc) is 3.11. The minimum absolute atomic E-state index is 0.179. The van der Waals surface area contributed by atoms with Gasteiger partial charge in [-0.1, -0.05) is 29.8 Å². The zero-order chi connectivity index (χ0) is 21.4. The van der Waals surface area contributed by atoms with E-state index in [0.717, 1.165) is 22.4 Å². The molecule has 1 N–H and O–H groups in total. The predicted molar refractivity (Wildman–Crippen MR) is 117 cm³/mol. The minimum atomic E-state index is -0.354. The van der Waals surface area contributed by atoms with Gasteiger partial charge in [-0.15, -0.1) is 0 Å². The van der Waals surface area contributed by atoms with Crippen LogP contribution in [0.15, 0.2) is 53.5 Å². The van der Waals surface area contributed by atoms with Gasteiger partial charge >= 0.3 is 0 Å². The van der Waals surface area contributed by atoms with Crippen molar-refractivity contribution in [1.82, 2.24) is 19.6 Å². The van der Waals surface area contributed by atoms with Gasteiger partial charge in [-0.05, 0) is 57.0 Å². The molecule has 0 aliphatic carbocycles. The first-order chi connectivity index (χ1) is 14.3. The molecular weight excluding hydrogens is 378 g/mol. The maximum Gasteiger partial charge on any atom is 0.293 e. The molecule has 7 nitrogen and oxygen atoms in total. The molecule has 2 aromatic carbocycles. The molecule has 1 amide bonds. The van der Waals surface area contributed by atoms with Crippen molar-refractivity contribution in [3.63, 3.8) is 0 Å². The van der Waals surface area contributed by atoms with Crippen molar-refractivity contribution >= 4 is 22.5 Å². The Morgan fingerprint density at radius 1 is 1.03 bits per heavy atom. The molecule has 4 rings (SSSR count). The normalized spacial score (nSPS) is 11.1. The summed E-state index contributed by atoms with van der Waals surface area (Å²) in [6.07, 6.45) is 1.65. The zero-order valence-corrected chi connectivity index (χ0v) is 17.4. The quantitative estimate of drug-likeness (QED) is 0.568. The molecule has 2 aromatic heterocycles. The number of benzene rings is 2. The number of amides is 1. The van der Waals surface area contributed by atoms with Crippen LogP contribution in [0.25, 0.3) is 16.6 Å². The molecule has 4 aromatic rings. The van der Waals surface area contributed by atoms with Crippen LogP contribution in [-0.4, -0.2) is 25.5 Å². The Kier molecular flexibility index (Phi) is 4.95. The molecule has 2 heterocycles. The van der Waals surface area contributed by atoms with Crippen molar-refractivity contribution in [3.8, 4) is 5.69 Å². The number of hydrogen-bond acceptors (Lipinski definition) is 4. The summed E-state index contributed by atoms with van der Waals surface area (Å²) in [5, 5.41) is 12.3. The Balaban J connectivity index is 1.74. The van der Waals surface area contributed by atoms with Crippen molar-refractivity contribution in [2.45, 2.75) is 34.2 Å². The van der Waals surface area contributed by atoms with Crippen LogP contribution in [0.2, 0.25) is 0 Å². The number of aromatic nitrogens is 4. The SMILES string of the molecule is Cc1cccc(NC(=O)Cn2nc(C)c3cnn(-c4ccc(C)cc4C)c3c2=O)c1. The zero-order valence-electron chi connectivity index (χ0n) is 17.4. The van der Waals surface area contributed by atoms with Crippen LogP contribution in [0.5, 0.6) is 0 Å². The van der Waals surface area contributed by atoms with Crippen molar-refractivity contribution in [2.24, 2.45) is 0 Å². The second-order valence-corrected chi connectivity index (χ2v) is 7.57. The number of nitrogens with one attached hydrogen (secondary N) is 1. The van der Waals surface area contributed by atoms with Crippen molar-refractivity contribution in [1.29, 1.82) is 0 Å². The first-order valence-electron chi connectivity index (χ1n) is 9.73. The molecule has 30 heavy (non-hydrogen) atoms. The van der Waals surface area contributed by atoms with Gasteiger partial charge in [-0.2, -0.15) is 10.2 Å². The number of nitrogens with zero attached hydrogens (tertiary/aromatic N) is 4. The molecule has 0 spiro atoms. The van der Waals surface area contributed by atoms with Crippen LogP contribution in [0.1, 0.15) is 22.4 Å². The monoisotopic (exact) mass is 401 g/mol. The number of carbonyl (C=O) groups is 1. The van der Waals surface area contributed by atoms with E-state index in [0.29, 0.717) is 22.3 Å². The third kappa shape index (κ3) is 3.61. The van der Waals surface area contributed by atoms with Crippen LogP contribution >= 0.6 is 0 Å². The van der Waals surface area contributed by atoms with Gasteiger partial charge in [-0.25, -0.2) is 9.36 Å². The summed E-state index contributed by atoms with van der Waals surface area (Å²) in [5.74, 6) is -0.313. The molecule has 152 valence electrons. The van der Waals surface area contributed by atoms with Crippen LogP contribution in [-0.2, 0) is 11.3 Å². The Bertz CT molecular complexity index is 1330. The topological polar surface area (TPSA) is 81.8 Å². The van der Waals surface area contributed by atoms with Gasteiger partial charge in [-0.3, -0.25) is 9.59 Å². The molecule has 0 aliphatic rings. The number of anilines is 1. The van der Waals surface area contributed by atoms with Gasteiger partial charge in [0.25, 0.3) is 5.56 Å². The summed E-state index contributed by atoms with van der Waals surface area (Å²) in [5.41, 5.74) is 5.40. The van der Waals surface area contributed by atoms with E-state index in [1.807, 2.05) is 70.2 Å².